The van der Waals surface area contributed by atoms with Gasteiger partial charge in [0.05, 0.1) is 5.02 Å². The molecule has 1 aliphatic carbocycles. The molecule has 1 fully saturated rings. The highest BCUT2D eigenvalue weighted by molar-refractivity contribution is 7.89. The largest absolute Gasteiger partial charge is 0.242 e. The lowest BCUT2D eigenvalue weighted by atomic mass is 10.0. The SMILES string of the molecule is O=S(=O)(NC1(CCl)CCCC1)c1cc(Cl)ccc1Cl. The average molecular weight is 343 g/mol. The van der Waals surface area contributed by atoms with Gasteiger partial charge in [-0.2, -0.15) is 0 Å². The first-order valence-corrected chi connectivity index (χ1v) is 8.71. The summed E-state index contributed by atoms with van der Waals surface area (Å²) in [7, 11) is -3.72. The van der Waals surface area contributed by atoms with E-state index in [2.05, 4.69) is 4.72 Å². The maximum atomic E-state index is 12.4. The quantitative estimate of drug-likeness (QED) is 0.845. The molecule has 3 nitrogen and oxygen atoms in total. The van der Waals surface area contributed by atoms with E-state index in [1.54, 1.807) is 6.07 Å². The summed E-state index contributed by atoms with van der Waals surface area (Å²) in [4.78, 5) is -0.00180. The molecule has 0 amide bonds. The highest BCUT2D eigenvalue weighted by Crippen LogP contribution is 2.33. The first kappa shape index (κ1) is 15.4. The summed E-state index contributed by atoms with van der Waals surface area (Å²) >= 11 is 17.7. The molecule has 0 unspecified atom stereocenters. The predicted molar refractivity (Wildman–Crippen MR) is 78.7 cm³/mol. The summed E-state index contributed by atoms with van der Waals surface area (Å²) in [6, 6.07) is 4.37. The summed E-state index contributed by atoms with van der Waals surface area (Å²) < 4.78 is 27.5. The monoisotopic (exact) mass is 341 g/mol. The number of hydrogen-bond donors (Lipinski definition) is 1. The molecule has 1 saturated carbocycles. The third-order valence-electron chi connectivity index (χ3n) is 3.35. The summed E-state index contributed by atoms with van der Waals surface area (Å²) in [6.45, 7) is 0. The van der Waals surface area contributed by atoms with Crippen molar-refractivity contribution in [2.24, 2.45) is 0 Å². The zero-order valence-corrected chi connectivity index (χ0v) is 13.2. The minimum Gasteiger partial charge on any atom is -0.207 e. The van der Waals surface area contributed by atoms with Gasteiger partial charge in [0.15, 0.2) is 0 Å². The van der Waals surface area contributed by atoms with Crippen LogP contribution in [0, 0.1) is 0 Å². The number of halogens is 3. The smallest absolute Gasteiger partial charge is 0.207 e. The van der Waals surface area contributed by atoms with Crippen LogP contribution in [-0.2, 0) is 10.0 Å². The molecule has 2 rings (SSSR count). The molecule has 0 spiro atoms. The molecule has 0 radical (unpaired) electrons. The Morgan fingerprint density at radius 2 is 1.84 bits per heavy atom. The van der Waals surface area contributed by atoms with Crippen LogP contribution in [0.15, 0.2) is 23.1 Å². The molecule has 1 aliphatic rings. The fourth-order valence-corrected chi connectivity index (χ4v) is 4.97. The number of nitrogens with one attached hydrogen (secondary N) is 1. The predicted octanol–water partition coefficient (Wildman–Crippen LogP) is 3.82. The van der Waals surface area contributed by atoms with Crippen molar-refractivity contribution in [3.63, 3.8) is 0 Å². The first-order valence-electron chi connectivity index (χ1n) is 5.94. The number of benzene rings is 1. The number of hydrogen-bond acceptors (Lipinski definition) is 2. The Morgan fingerprint density at radius 3 is 2.42 bits per heavy atom. The molecule has 19 heavy (non-hydrogen) atoms. The molecule has 1 aromatic carbocycles. The lowest BCUT2D eigenvalue weighted by Crippen LogP contribution is -2.47. The molecule has 0 heterocycles. The molecule has 0 saturated heterocycles. The highest BCUT2D eigenvalue weighted by Gasteiger charge is 2.37. The third-order valence-corrected chi connectivity index (χ3v) is 6.16. The fourth-order valence-electron chi connectivity index (χ4n) is 2.34. The Balaban J connectivity index is 2.34. The zero-order valence-electron chi connectivity index (χ0n) is 10.1. The fraction of sp³-hybridized carbons (Fsp3) is 0.500. The summed E-state index contributed by atoms with van der Waals surface area (Å²) in [5.74, 6) is 0.254. The van der Waals surface area contributed by atoms with Crippen LogP contribution in [0.25, 0.3) is 0 Å². The molecular weight excluding hydrogens is 329 g/mol. The second kappa shape index (κ2) is 5.78. The summed E-state index contributed by atoms with van der Waals surface area (Å²) in [5, 5.41) is 0.482. The molecule has 1 aromatic rings. The Morgan fingerprint density at radius 1 is 1.21 bits per heavy atom. The van der Waals surface area contributed by atoms with Gasteiger partial charge in [-0.25, -0.2) is 13.1 Å². The van der Waals surface area contributed by atoms with Gasteiger partial charge in [0.25, 0.3) is 0 Å². The minimum absolute atomic E-state index is 0.00180. The van der Waals surface area contributed by atoms with Crippen molar-refractivity contribution in [2.45, 2.75) is 36.1 Å². The van der Waals surface area contributed by atoms with Crippen molar-refractivity contribution in [1.82, 2.24) is 4.72 Å². The van der Waals surface area contributed by atoms with E-state index in [1.165, 1.54) is 12.1 Å². The van der Waals surface area contributed by atoms with Crippen molar-refractivity contribution < 1.29 is 8.42 Å². The van der Waals surface area contributed by atoms with Crippen molar-refractivity contribution in [1.29, 1.82) is 0 Å². The zero-order chi connectivity index (χ0) is 14.1. The van der Waals surface area contributed by atoms with Crippen LogP contribution in [0.3, 0.4) is 0 Å². The minimum atomic E-state index is -3.72. The topological polar surface area (TPSA) is 46.2 Å². The van der Waals surface area contributed by atoms with E-state index >= 15 is 0 Å². The third kappa shape index (κ3) is 3.37. The van der Waals surface area contributed by atoms with Crippen LogP contribution in [0.5, 0.6) is 0 Å². The van der Waals surface area contributed by atoms with Gasteiger partial charge in [0, 0.05) is 16.4 Å². The maximum absolute atomic E-state index is 12.4. The molecule has 0 aliphatic heterocycles. The molecule has 0 aromatic heterocycles. The van der Waals surface area contributed by atoms with Gasteiger partial charge in [-0.05, 0) is 31.0 Å². The van der Waals surface area contributed by atoms with Gasteiger partial charge in [0.2, 0.25) is 10.0 Å². The van der Waals surface area contributed by atoms with Crippen molar-refractivity contribution in [2.75, 3.05) is 5.88 Å². The van der Waals surface area contributed by atoms with Crippen molar-refractivity contribution in [3.05, 3.63) is 28.2 Å². The van der Waals surface area contributed by atoms with Gasteiger partial charge in [-0.3, -0.25) is 0 Å². The molecule has 1 N–H and O–H groups in total. The Labute approximate surface area is 128 Å². The average Bonchev–Trinajstić information content (AvgIpc) is 2.80. The number of rotatable bonds is 4. The number of alkyl halides is 1. The van der Waals surface area contributed by atoms with E-state index in [9.17, 15) is 8.42 Å². The van der Waals surface area contributed by atoms with Crippen LogP contribution in [0.2, 0.25) is 10.0 Å². The molecule has 0 atom stereocenters. The molecule has 106 valence electrons. The van der Waals surface area contributed by atoms with Crippen LogP contribution in [0.1, 0.15) is 25.7 Å². The molecule has 7 heteroatoms. The van der Waals surface area contributed by atoms with E-state index < -0.39 is 15.6 Å². The van der Waals surface area contributed by atoms with E-state index in [0.717, 1.165) is 25.7 Å². The van der Waals surface area contributed by atoms with Gasteiger partial charge < -0.3 is 0 Å². The second-order valence-electron chi connectivity index (χ2n) is 4.80. The van der Waals surface area contributed by atoms with Gasteiger partial charge in [0.1, 0.15) is 4.90 Å². The van der Waals surface area contributed by atoms with E-state index in [4.69, 9.17) is 34.8 Å². The second-order valence-corrected chi connectivity index (χ2v) is 7.56. The van der Waals surface area contributed by atoms with Crippen LogP contribution in [-0.4, -0.2) is 19.8 Å². The molecular formula is C12H14Cl3NO2S. The normalized spacial score (nSPS) is 18.7. The molecule has 0 bridgehead atoms. The highest BCUT2D eigenvalue weighted by atomic mass is 35.5. The van der Waals surface area contributed by atoms with Gasteiger partial charge in [-0.15, -0.1) is 11.6 Å². The first-order chi connectivity index (χ1) is 8.88. The standard InChI is InChI=1S/C12H14Cl3NO2S/c13-8-12(5-1-2-6-12)16-19(17,18)11-7-9(14)3-4-10(11)15/h3-4,7,16H,1-2,5-6,8H2. The van der Waals surface area contributed by atoms with Crippen LogP contribution >= 0.6 is 34.8 Å². The number of sulfonamides is 1. The van der Waals surface area contributed by atoms with Crippen molar-refractivity contribution in [3.8, 4) is 0 Å². The van der Waals surface area contributed by atoms with Crippen LogP contribution < -0.4 is 4.72 Å². The van der Waals surface area contributed by atoms with Gasteiger partial charge >= 0.3 is 0 Å². The maximum Gasteiger partial charge on any atom is 0.242 e. The van der Waals surface area contributed by atoms with Crippen molar-refractivity contribution >= 4 is 44.8 Å². The summed E-state index contributed by atoms with van der Waals surface area (Å²) in [6.07, 6.45) is 3.43. The Kier molecular flexibility index (Phi) is 4.68. The Hall–Kier alpha value is -0.000000000000000167. The van der Waals surface area contributed by atoms with E-state index in [-0.39, 0.29) is 15.8 Å². The van der Waals surface area contributed by atoms with E-state index in [1.807, 2.05) is 0 Å². The summed E-state index contributed by atoms with van der Waals surface area (Å²) in [5.41, 5.74) is -0.563. The lowest BCUT2D eigenvalue weighted by molar-refractivity contribution is 0.433. The lowest BCUT2D eigenvalue weighted by Gasteiger charge is -2.27. The van der Waals surface area contributed by atoms with Gasteiger partial charge in [-0.1, -0.05) is 36.0 Å². The van der Waals surface area contributed by atoms with E-state index in [0.29, 0.717) is 5.02 Å². The van der Waals surface area contributed by atoms with Crippen LogP contribution in [0.4, 0.5) is 0 Å². The Bertz CT molecular complexity index is 568.